The lowest BCUT2D eigenvalue weighted by Crippen LogP contribution is -2.51. The number of hydrogen-bond acceptors (Lipinski definition) is 6. The number of nitrogens with one attached hydrogen (secondary N) is 3. The summed E-state index contributed by atoms with van der Waals surface area (Å²) >= 11 is 0. The van der Waals surface area contributed by atoms with E-state index in [0.717, 1.165) is 22.3 Å². The minimum atomic E-state index is -1.37. The third-order valence-electron chi connectivity index (χ3n) is 5.54. The molecule has 3 amide bonds. The Kier molecular flexibility index (Phi) is 9.45. The molecule has 0 aliphatic heterocycles. The van der Waals surface area contributed by atoms with Crippen LogP contribution in [0.15, 0.2) is 48.5 Å². The molecule has 0 fully saturated rings. The Morgan fingerprint density at radius 2 is 1.43 bits per heavy atom. The molecule has 3 rings (SSSR count). The number of carbonyl (C=O) groups excluding carboxylic acids is 2. The smallest absolute Gasteiger partial charge is 0.407 e. The number of fused-ring (bicyclic) bond motifs is 3. The van der Waals surface area contributed by atoms with Crippen molar-refractivity contribution in [3.63, 3.8) is 0 Å². The third kappa shape index (κ3) is 6.93. The van der Waals surface area contributed by atoms with E-state index in [1.165, 1.54) is 0 Å². The van der Waals surface area contributed by atoms with Gasteiger partial charge in [-0.2, -0.15) is 0 Å². The van der Waals surface area contributed by atoms with Gasteiger partial charge in [-0.3, -0.25) is 0 Å². The maximum atomic E-state index is 12.4. The maximum absolute atomic E-state index is 12.4. The molecule has 0 radical (unpaired) electrons. The van der Waals surface area contributed by atoms with E-state index in [9.17, 15) is 19.5 Å². The molecule has 0 spiro atoms. The molecule has 2 aromatic rings. The molecule has 1 atom stereocenters. The topological polar surface area (TPSA) is 135 Å². The van der Waals surface area contributed by atoms with Crippen LogP contribution in [0.3, 0.4) is 0 Å². The lowest BCUT2D eigenvalue weighted by atomic mass is 9.98. The molecule has 1 unspecified atom stereocenters. The molecule has 0 saturated heterocycles. The van der Waals surface area contributed by atoms with Crippen molar-refractivity contribution in [2.75, 3.05) is 32.9 Å². The number of ether oxygens (including phenoxy) is 3. The Hall–Kier alpha value is -3.63. The largest absolute Gasteiger partial charge is 0.480 e. The highest BCUT2D eigenvalue weighted by atomic mass is 16.7. The van der Waals surface area contributed by atoms with Gasteiger partial charge in [-0.1, -0.05) is 48.5 Å². The second kappa shape index (κ2) is 12.7. The van der Waals surface area contributed by atoms with Crippen molar-refractivity contribution in [3.8, 4) is 11.1 Å². The normalized spacial score (nSPS) is 13.0. The van der Waals surface area contributed by atoms with Crippen LogP contribution in [0.4, 0.5) is 9.59 Å². The summed E-state index contributed by atoms with van der Waals surface area (Å²) < 4.78 is 16.0. The molecule has 0 aromatic heterocycles. The van der Waals surface area contributed by atoms with Crippen LogP contribution in [-0.4, -0.2) is 68.4 Å². The molecular weight excluding hydrogens is 454 g/mol. The van der Waals surface area contributed by atoms with Gasteiger partial charge in [-0.25, -0.2) is 14.4 Å². The van der Waals surface area contributed by atoms with Crippen molar-refractivity contribution in [2.24, 2.45) is 0 Å². The molecule has 4 N–H and O–H groups in total. The van der Waals surface area contributed by atoms with E-state index < -0.39 is 30.4 Å². The number of alkyl carbamates (subject to hydrolysis) is 1. The van der Waals surface area contributed by atoms with E-state index in [2.05, 4.69) is 16.0 Å². The van der Waals surface area contributed by atoms with Crippen molar-refractivity contribution in [1.82, 2.24) is 16.0 Å². The standard InChI is InChI=1S/C25H31N3O7/c1-3-33-22(34-4-2)14-27-24(31)26-13-21(23(29)30)28-25(32)35-15-20-18-11-7-5-9-16(18)17-10-6-8-12-19(17)20/h5-12,20-22H,3-4,13-15H2,1-2H3,(H,28,32)(H,29,30)(H2,26,27,31). The first-order valence-corrected chi connectivity index (χ1v) is 11.5. The Morgan fingerprint density at radius 1 is 0.886 bits per heavy atom. The zero-order valence-corrected chi connectivity index (χ0v) is 19.8. The highest BCUT2D eigenvalue weighted by molar-refractivity contribution is 5.82. The van der Waals surface area contributed by atoms with Gasteiger partial charge in [0.2, 0.25) is 0 Å². The summed E-state index contributed by atoms with van der Waals surface area (Å²) in [5.41, 5.74) is 4.28. The van der Waals surface area contributed by atoms with Crippen LogP contribution in [0, 0.1) is 0 Å². The fourth-order valence-electron chi connectivity index (χ4n) is 3.95. The van der Waals surface area contributed by atoms with Gasteiger partial charge in [0.15, 0.2) is 6.29 Å². The van der Waals surface area contributed by atoms with Crippen molar-refractivity contribution in [1.29, 1.82) is 0 Å². The summed E-state index contributed by atoms with van der Waals surface area (Å²) in [5.74, 6) is -1.45. The highest BCUT2D eigenvalue weighted by Gasteiger charge is 2.29. The number of carbonyl (C=O) groups is 3. The van der Waals surface area contributed by atoms with E-state index >= 15 is 0 Å². The fraction of sp³-hybridized carbons (Fsp3) is 0.400. The molecule has 35 heavy (non-hydrogen) atoms. The minimum Gasteiger partial charge on any atom is -0.480 e. The lowest BCUT2D eigenvalue weighted by molar-refractivity contribution is -0.139. The summed E-state index contributed by atoms with van der Waals surface area (Å²) in [6.07, 6.45) is -1.49. The number of rotatable bonds is 12. The summed E-state index contributed by atoms with van der Waals surface area (Å²) in [6.45, 7) is 4.25. The van der Waals surface area contributed by atoms with Gasteiger partial charge in [0, 0.05) is 19.1 Å². The molecule has 1 aliphatic rings. The van der Waals surface area contributed by atoms with Crippen molar-refractivity contribution >= 4 is 18.1 Å². The summed E-state index contributed by atoms with van der Waals surface area (Å²) in [5, 5.41) is 16.7. The summed E-state index contributed by atoms with van der Waals surface area (Å²) in [6, 6.07) is 13.8. The first-order valence-electron chi connectivity index (χ1n) is 11.5. The van der Waals surface area contributed by atoms with Gasteiger partial charge in [0.1, 0.15) is 12.6 Å². The fourth-order valence-corrected chi connectivity index (χ4v) is 3.95. The molecule has 0 saturated carbocycles. The maximum Gasteiger partial charge on any atom is 0.407 e. The van der Waals surface area contributed by atoms with Gasteiger partial charge in [-0.15, -0.1) is 0 Å². The predicted octanol–water partition coefficient (Wildman–Crippen LogP) is 2.68. The van der Waals surface area contributed by atoms with Crippen molar-refractivity contribution in [3.05, 3.63) is 59.7 Å². The second-order valence-electron chi connectivity index (χ2n) is 7.79. The van der Waals surface area contributed by atoms with Gasteiger partial charge >= 0.3 is 18.1 Å². The van der Waals surface area contributed by atoms with Crippen LogP contribution < -0.4 is 16.0 Å². The monoisotopic (exact) mass is 485 g/mol. The van der Waals surface area contributed by atoms with E-state index in [-0.39, 0.29) is 25.6 Å². The number of carboxylic acid groups (broad SMARTS) is 1. The molecular formula is C25H31N3O7. The van der Waals surface area contributed by atoms with Crippen LogP contribution >= 0.6 is 0 Å². The number of benzene rings is 2. The van der Waals surface area contributed by atoms with E-state index in [1.807, 2.05) is 48.5 Å². The van der Waals surface area contributed by atoms with Crippen LogP contribution in [0.2, 0.25) is 0 Å². The van der Waals surface area contributed by atoms with E-state index in [0.29, 0.717) is 13.2 Å². The lowest BCUT2D eigenvalue weighted by Gasteiger charge is -2.19. The van der Waals surface area contributed by atoms with Crippen LogP contribution in [0.25, 0.3) is 11.1 Å². The number of hydrogen-bond donors (Lipinski definition) is 4. The van der Waals surface area contributed by atoms with Crippen molar-refractivity contribution < 1.29 is 33.7 Å². The van der Waals surface area contributed by atoms with Crippen molar-refractivity contribution in [2.45, 2.75) is 32.1 Å². The number of carboxylic acids is 1. The Balaban J connectivity index is 1.50. The zero-order chi connectivity index (χ0) is 25.2. The first kappa shape index (κ1) is 26.0. The minimum absolute atomic E-state index is 0.0519. The third-order valence-corrected chi connectivity index (χ3v) is 5.54. The average Bonchev–Trinajstić information content (AvgIpc) is 3.17. The Bertz CT molecular complexity index is 978. The van der Waals surface area contributed by atoms with Gasteiger partial charge in [0.25, 0.3) is 0 Å². The average molecular weight is 486 g/mol. The summed E-state index contributed by atoms with van der Waals surface area (Å²) in [7, 11) is 0. The highest BCUT2D eigenvalue weighted by Crippen LogP contribution is 2.44. The van der Waals surface area contributed by atoms with E-state index in [1.54, 1.807) is 13.8 Å². The second-order valence-corrected chi connectivity index (χ2v) is 7.79. The quantitative estimate of drug-likeness (QED) is 0.340. The van der Waals surface area contributed by atoms with Crippen LogP contribution in [0.5, 0.6) is 0 Å². The van der Waals surface area contributed by atoms with Gasteiger partial charge in [0.05, 0.1) is 13.1 Å². The number of amides is 3. The number of aliphatic carboxylic acids is 1. The van der Waals surface area contributed by atoms with Gasteiger partial charge < -0.3 is 35.3 Å². The molecule has 10 nitrogen and oxygen atoms in total. The SMILES string of the molecule is CCOC(CNC(=O)NCC(NC(=O)OCC1c2ccccc2-c2ccccc21)C(=O)O)OCC. The predicted molar refractivity (Wildman–Crippen MR) is 128 cm³/mol. The molecule has 10 heteroatoms. The molecule has 0 bridgehead atoms. The Morgan fingerprint density at radius 3 is 1.97 bits per heavy atom. The molecule has 0 heterocycles. The van der Waals surface area contributed by atoms with E-state index in [4.69, 9.17) is 14.2 Å². The molecule has 188 valence electrons. The van der Waals surface area contributed by atoms with Crippen LogP contribution in [-0.2, 0) is 19.0 Å². The molecule has 1 aliphatic carbocycles. The molecule has 2 aromatic carbocycles. The number of urea groups is 1. The van der Waals surface area contributed by atoms with Crippen LogP contribution in [0.1, 0.15) is 30.9 Å². The Labute approximate surface area is 203 Å². The zero-order valence-electron chi connectivity index (χ0n) is 19.8. The van der Waals surface area contributed by atoms with Gasteiger partial charge in [-0.05, 0) is 36.1 Å². The summed E-state index contributed by atoms with van der Waals surface area (Å²) in [4.78, 5) is 36.0. The first-order chi connectivity index (χ1) is 16.9.